The van der Waals surface area contributed by atoms with Crippen LogP contribution in [-0.4, -0.2) is 29.7 Å². The van der Waals surface area contributed by atoms with Gasteiger partial charge in [-0.05, 0) is 18.4 Å². The van der Waals surface area contributed by atoms with Crippen LogP contribution in [0.2, 0.25) is 0 Å². The van der Waals surface area contributed by atoms with Crippen LogP contribution in [0.3, 0.4) is 0 Å². The quantitative estimate of drug-likeness (QED) is 0.609. The predicted molar refractivity (Wildman–Crippen MR) is 85.1 cm³/mol. The van der Waals surface area contributed by atoms with E-state index in [9.17, 15) is 0 Å². The van der Waals surface area contributed by atoms with Crippen LogP contribution in [0.25, 0.3) is 11.5 Å². The van der Waals surface area contributed by atoms with Gasteiger partial charge in [0.1, 0.15) is 12.2 Å². The first-order chi connectivity index (χ1) is 11.3. The summed E-state index contributed by atoms with van der Waals surface area (Å²) in [6.45, 7) is 2.44. The lowest BCUT2D eigenvalue weighted by Crippen LogP contribution is -2.02. The van der Waals surface area contributed by atoms with E-state index in [0.717, 1.165) is 17.2 Å². The molecule has 0 saturated heterocycles. The molecule has 0 bridgehead atoms. The average molecular weight is 326 g/mol. The van der Waals surface area contributed by atoms with Crippen LogP contribution in [0.1, 0.15) is 22.3 Å². The summed E-state index contributed by atoms with van der Waals surface area (Å²) in [5.74, 6) is 2.03. The SMILES string of the molecule is Cc1[nH]cnc1-c1nccn1Cc1nc(Cc2cccs2)no1. The number of thiophene rings is 1. The van der Waals surface area contributed by atoms with E-state index in [2.05, 4.69) is 31.2 Å². The lowest BCUT2D eigenvalue weighted by Gasteiger charge is -2.03. The van der Waals surface area contributed by atoms with Crippen LogP contribution in [-0.2, 0) is 13.0 Å². The number of aromatic amines is 1. The molecule has 0 amide bonds. The van der Waals surface area contributed by atoms with Crippen molar-refractivity contribution in [3.8, 4) is 11.5 Å². The largest absolute Gasteiger partial charge is 0.348 e. The summed E-state index contributed by atoms with van der Waals surface area (Å²) in [7, 11) is 0. The lowest BCUT2D eigenvalue weighted by molar-refractivity contribution is 0.367. The number of hydrogen-bond acceptors (Lipinski definition) is 6. The van der Waals surface area contributed by atoms with Crippen LogP contribution < -0.4 is 0 Å². The highest BCUT2D eigenvalue weighted by molar-refractivity contribution is 7.09. The molecule has 0 aliphatic rings. The monoisotopic (exact) mass is 326 g/mol. The molecule has 0 radical (unpaired) electrons. The Kier molecular flexibility index (Phi) is 3.51. The van der Waals surface area contributed by atoms with Crippen LogP contribution >= 0.6 is 11.3 Å². The number of nitrogens with one attached hydrogen (secondary N) is 1. The van der Waals surface area contributed by atoms with E-state index in [1.165, 1.54) is 4.88 Å². The molecule has 23 heavy (non-hydrogen) atoms. The third-order valence-corrected chi connectivity index (χ3v) is 4.36. The van der Waals surface area contributed by atoms with E-state index in [1.54, 1.807) is 23.9 Å². The van der Waals surface area contributed by atoms with Crippen LogP contribution in [0.5, 0.6) is 0 Å². The van der Waals surface area contributed by atoms with Gasteiger partial charge in [-0.2, -0.15) is 4.98 Å². The molecule has 4 rings (SSSR count). The molecule has 1 N–H and O–H groups in total. The van der Waals surface area contributed by atoms with E-state index >= 15 is 0 Å². The molecule has 0 fully saturated rings. The van der Waals surface area contributed by atoms with Crippen molar-refractivity contribution < 1.29 is 4.52 Å². The summed E-state index contributed by atoms with van der Waals surface area (Å²) in [5, 5.41) is 6.09. The lowest BCUT2D eigenvalue weighted by atomic mass is 10.3. The number of aromatic nitrogens is 6. The molecular formula is C15H14N6OS. The van der Waals surface area contributed by atoms with Gasteiger partial charge in [-0.1, -0.05) is 11.2 Å². The minimum atomic E-state index is 0.471. The number of imidazole rings is 2. The zero-order valence-corrected chi connectivity index (χ0v) is 13.2. The number of H-pyrrole nitrogens is 1. The van der Waals surface area contributed by atoms with Gasteiger partial charge in [0.15, 0.2) is 11.6 Å². The van der Waals surface area contributed by atoms with Crippen LogP contribution in [0, 0.1) is 6.92 Å². The number of aryl methyl sites for hydroxylation is 1. The fourth-order valence-electron chi connectivity index (χ4n) is 2.38. The fourth-order valence-corrected chi connectivity index (χ4v) is 3.08. The highest BCUT2D eigenvalue weighted by Crippen LogP contribution is 2.19. The van der Waals surface area contributed by atoms with Crippen molar-refractivity contribution in [2.24, 2.45) is 0 Å². The van der Waals surface area contributed by atoms with Crippen molar-refractivity contribution in [2.75, 3.05) is 0 Å². The summed E-state index contributed by atoms with van der Waals surface area (Å²) in [5.41, 5.74) is 1.80. The minimum absolute atomic E-state index is 0.471. The molecule has 0 atom stereocenters. The van der Waals surface area contributed by atoms with Crippen molar-refractivity contribution in [1.82, 2.24) is 29.7 Å². The van der Waals surface area contributed by atoms with E-state index in [1.807, 2.05) is 29.1 Å². The molecule has 0 unspecified atom stereocenters. The predicted octanol–water partition coefficient (Wildman–Crippen LogP) is 2.67. The maximum Gasteiger partial charge on any atom is 0.246 e. The Morgan fingerprint density at radius 1 is 1.35 bits per heavy atom. The molecule has 8 heteroatoms. The van der Waals surface area contributed by atoms with Gasteiger partial charge in [-0.15, -0.1) is 11.3 Å². The van der Waals surface area contributed by atoms with Crippen molar-refractivity contribution in [3.63, 3.8) is 0 Å². The Labute approximate surface area is 136 Å². The number of rotatable bonds is 5. The standard InChI is InChI=1S/C15H14N6OS/c1-10-14(18-9-17-10)15-16-4-5-21(15)8-13-19-12(20-22-13)7-11-3-2-6-23-11/h2-6,9H,7-8H2,1H3,(H,17,18). The van der Waals surface area contributed by atoms with Gasteiger partial charge in [0, 0.05) is 29.4 Å². The van der Waals surface area contributed by atoms with Gasteiger partial charge in [0.2, 0.25) is 5.89 Å². The molecule has 0 spiro atoms. The topological polar surface area (TPSA) is 85.4 Å². The normalized spacial score (nSPS) is 11.2. The Hall–Kier alpha value is -2.74. The summed E-state index contributed by atoms with van der Waals surface area (Å²) in [4.78, 5) is 17.4. The van der Waals surface area contributed by atoms with E-state index in [-0.39, 0.29) is 0 Å². The molecule has 0 saturated carbocycles. The highest BCUT2D eigenvalue weighted by atomic mass is 32.1. The first-order valence-corrected chi connectivity index (χ1v) is 8.03. The zero-order chi connectivity index (χ0) is 15.6. The molecular weight excluding hydrogens is 312 g/mol. The number of hydrogen-bond donors (Lipinski definition) is 1. The van der Waals surface area contributed by atoms with Crippen LogP contribution in [0.4, 0.5) is 0 Å². The maximum atomic E-state index is 5.36. The van der Waals surface area contributed by atoms with Crippen molar-refractivity contribution in [1.29, 1.82) is 0 Å². The zero-order valence-electron chi connectivity index (χ0n) is 12.4. The molecule has 4 heterocycles. The Balaban J connectivity index is 1.54. The molecule has 7 nitrogen and oxygen atoms in total. The van der Waals surface area contributed by atoms with E-state index in [0.29, 0.717) is 24.7 Å². The van der Waals surface area contributed by atoms with Crippen molar-refractivity contribution in [2.45, 2.75) is 19.9 Å². The smallest absolute Gasteiger partial charge is 0.246 e. The van der Waals surface area contributed by atoms with E-state index in [4.69, 9.17) is 4.52 Å². The first kappa shape index (κ1) is 13.9. The van der Waals surface area contributed by atoms with Crippen molar-refractivity contribution >= 4 is 11.3 Å². The van der Waals surface area contributed by atoms with E-state index < -0.39 is 0 Å². The van der Waals surface area contributed by atoms with Gasteiger partial charge in [0.05, 0.1) is 6.33 Å². The summed E-state index contributed by atoms with van der Waals surface area (Å²) >= 11 is 1.69. The third kappa shape index (κ3) is 2.80. The van der Waals surface area contributed by atoms with Crippen molar-refractivity contribution in [3.05, 3.63) is 58.5 Å². The third-order valence-electron chi connectivity index (χ3n) is 3.49. The summed E-state index contributed by atoms with van der Waals surface area (Å²) in [6, 6.07) is 4.08. The average Bonchev–Trinajstić information content (AvgIpc) is 3.29. The number of nitrogens with zero attached hydrogens (tertiary/aromatic N) is 5. The second-order valence-electron chi connectivity index (χ2n) is 5.12. The maximum absolute atomic E-state index is 5.36. The Morgan fingerprint density at radius 2 is 2.30 bits per heavy atom. The molecule has 4 aromatic heterocycles. The highest BCUT2D eigenvalue weighted by Gasteiger charge is 2.14. The molecule has 0 aliphatic carbocycles. The second-order valence-corrected chi connectivity index (χ2v) is 6.15. The van der Waals surface area contributed by atoms with Crippen LogP contribution in [0.15, 0.2) is 40.8 Å². The van der Waals surface area contributed by atoms with Gasteiger partial charge in [-0.25, -0.2) is 9.97 Å². The van der Waals surface area contributed by atoms with Gasteiger partial charge in [-0.3, -0.25) is 0 Å². The molecule has 0 aliphatic heterocycles. The fraction of sp³-hybridized carbons (Fsp3) is 0.200. The molecule has 0 aromatic carbocycles. The summed E-state index contributed by atoms with van der Waals surface area (Å²) < 4.78 is 7.31. The minimum Gasteiger partial charge on any atom is -0.348 e. The Morgan fingerprint density at radius 3 is 3.09 bits per heavy atom. The second kappa shape index (κ2) is 5.81. The van der Waals surface area contributed by atoms with Gasteiger partial charge in [0.25, 0.3) is 0 Å². The van der Waals surface area contributed by atoms with Gasteiger partial charge >= 0.3 is 0 Å². The van der Waals surface area contributed by atoms with Gasteiger partial charge < -0.3 is 14.1 Å². The molecule has 4 aromatic rings. The first-order valence-electron chi connectivity index (χ1n) is 7.15. The molecule has 116 valence electrons. The Bertz CT molecular complexity index is 904. The summed E-state index contributed by atoms with van der Waals surface area (Å²) in [6.07, 6.45) is 5.98.